The predicted molar refractivity (Wildman–Crippen MR) is 106 cm³/mol. The number of carbonyl (C=O) groups is 2. The average Bonchev–Trinajstić information content (AvgIpc) is 3.18. The fraction of sp³-hybridized carbons (Fsp3) is 0.263. The lowest BCUT2D eigenvalue weighted by Gasteiger charge is -2.12. The summed E-state index contributed by atoms with van der Waals surface area (Å²) in [5.41, 5.74) is 2.06. The molecule has 1 fully saturated rings. The summed E-state index contributed by atoms with van der Waals surface area (Å²) in [6.07, 6.45) is 1.25. The third-order valence-electron chi connectivity index (χ3n) is 4.05. The van der Waals surface area contributed by atoms with Crippen molar-refractivity contribution in [3.63, 3.8) is 0 Å². The Balaban J connectivity index is 1.52. The molecule has 2 aromatic carbocycles. The topological polar surface area (TPSA) is 79.5 Å². The first-order valence-corrected chi connectivity index (χ1v) is 9.28. The number of rotatable bonds is 5. The van der Waals surface area contributed by atoms with Crippen molar-refractivity contribution in [2.24, 2.45) is 0 Å². The van der Waals surface area contributed by atoms with Gasteiger partial charge < -0.3 is 20.7 Å². The van der Waals surface area contributed by atoms with Crippen LogP contribution in [0.1, 0.15) is 18.4 Å². The first-order valence-electron chi connectivity index (χ1n) is 8.52. The first kappa shape index (κ1) is 19.5. The molecule has 0 spiro atoms. The second-order valence-corrected chi connectivity index (χ2v) is 6.94. The third-order valence-corrected chi connectivity index (χ3v) is 4.79. The Morgan fingerprint density at radius 1 is 1.04 bits per heavy atom. The van der Waals surface area contributed by atoms with Crippen molar-refractivity contribution in [2.75, 3.05) is 17.2 Å². The molecular weight excluding hydrogens is 389 g/mol. The van der Waals surface area contributed by atoms with Crippen LogP contribution in [-0.2, 0) is 16.1 Å². The van der Waals surface area contributed by atoms with E-state index in [0.29, 0.717) is 34.6 Å². The van der Waals surface area contributed by atoms with Gasteiger partial charge in [-0.15, -0.1) is 0 Å². The number of nitrogens with one attached hydrogen (secondary N) is 3. The Labute approximate surface area is 167 Å². The third kappa shape index (κ3) is 5.60. The summed E-state index contributed by atoms with van der Waals surface area (Å²) in [5.74, 6) is -0.144. The van der Waals surface area contributed by atoms with Gasteiger partial charge in [0.25, 0.3) is 5.91 Å². The number of carbonyl (C=O) groups excluding carboxylic acids is 2. The number of hydrogen-bond donors (Lipinski definition) is 3. The summed E-state index contributed by atoms with van der Waals surface area (Å²) in [6.45, 7) is 0.923. The minimum absolute atomic E-state index is 0.144. The second kappa shape index (κ2) is 9.08. The molecule has 8 heteroatoms. The van der Waals surface area contributed by atoms with Crippen LogP contribution < -0.4 is 16.0 Å². The van der Waals surface area contributed by atoms with Gasteiger partial charge in [-0.3, -0.25) is 4.79 Å². The highest BCUT2D eigenvalue weighted by Crippen LogP contribution is 2.25. The van der Waals surface area contributed by atoms with Crippen LogP contribution in [0.15, 0.2) is 42.5 Å². The molecule has 0 aliphatic carbocycles. The predicted octanol–water partition coefficient (Wildman–Crippen LogP) is 4.43. The monoisotopic (exact) mass is 407 g/mol. The lowest BCUT2D eigenvalue weighted by Crippen LogP contribution is -2.28. The van der Waals surface area contributed by atoms with E-state index in [9.17, 15) is 9.59 Å². The molecule has 0 aromatic heterocycles. The van der Waals surface area contributed by atoms with Gasteiger partial charge in [0, 0.05) is 24.5 Å². The smallest absolute Gasteiger partial charge is 0.319 e. The van der Waals surface area contributed by atoms with Crippen LogP contribution in [-0.4, -0.2) is 24.6 Å². The highest BCUT2D eigenvalue weighted by molar-refractivity contribution is 6.42. The van der Waals surface area contributed by atoms with E-state index >= 15 is 0 Å². The van der Waals surface area contributed by atoms with Crippen LogP contribution in [0.5, 0.6) is 0 Å². The van der Waals surface area contributed by atoms with E-state index in [1.165, 1.54) is 0 Å². The molecule has 0 bridgehead atoms. The number of hydrogen-bond acceptors (Lipinski definition) is 3. The molecule has 27 heavy (non-hydrogen) atoms. The van der Waals surface area contributed by atoms with Gasteiger partial charge in [-0.1, -0.05) is 35.3 Å². The Kier molecular flexibility index (Phi) is 6.55. The Morgan fingerprint density at radius 2 is 1.85 bits per heavy atom. The van der Waals surface area contributed by atoms with Crippen LogP contribution in [0.4, 0.5) is 16.2 Å². The van der Waals surface area contributed by atoms with E-state index in [-0.39, 0.29) is 18.0 Å². The van der Waals surface area contributed by atoms with Crippen molar-refractivity contribution in [3.8, 4) is 0 Å². The van der Waals surface area contributed by atoms with Crippen LogP contribution in [0.25, 0.3) is 0 Å². The zero-order valence-electron chi connectivity index (χ0n) is 14.4. The van der Waals surface area contributed by atoms with E-state index in [0.717, 1.165) is 18.4 Å². The number of anilines is 2. The Hall–Kier alpha value is -2.28. The van der Waals surface area contributed by atoms with Crippen molar-refractivity contribution in [1.82, 2.24) is 5.32 Å². The van der Waals surface area contributed by atoms with E-state index in [1.54, 1.807) is 24.3 Å². The molecule has 1 aliphatic rings. The summed E-state index contributed by atoms with van der Waals surface area (Å²) in [4.78, 5) is 24.1. The summed E-state index contributed by atoms with van der Waals surface area (Å²) in [7, 11) is 0. The second-order valence-electron chi connectivity index (χ2n) is 6.13. The maximum Gasteiger partial charge on any atom is 0.319 e. The van der Waals surface area contributed by atoms with Gasteiger partial charge in [-0.05, 0) is 48.7 Å². The first-order chi connectivity index (χ1) is 13.0. The number of benzene rings is 2. The van der Waals surface area contributed by atoms with Gasteiger partial charge in [0.2, 0.25) is 0 Å². The molecule has 1 atom stereocenters. The van der Waals surface area contributed by atoms with Crippen molar-refractivity contribution >= 4 is 46.5 Å². The van der Waals surface area contributed by atoms with Crippen LogP contribution in [0, 0.1) is 0 Å². The minimum Gasteiger partial charge on any atom is -0.368 e. The summed E-state index contributed by atoms with van der Waals surface area (Å²) in [5, 5.41) is 9.07. The van der Waals surface area contributed by atoms with E-state index < -0.39 is 0 Å². The molecule has 1 unspecified atom stereocenters. The zero-order valence-corrected chi connectivity index (χ0v) is 15.9. The van der Waals surface area contributed by atoms with E-state index in [2.05, 4.69) is 16.0 Å². The summed E-state index contributed by atoms with van der Waals surface area (Å²) in [6, 6.07) is 11.8. The lowest BCUT2D eigenvalue weighted by atomic mass is 10.2. The molecule has 3 rings (SSSR count). The maximum absolute atomic E-state index is 12.1. The minimum atomic E-state index is -0.385. The summed E-state index contributed by atoms with van der Waals surface area (Å²) >= 11 is 11.8. The van der Waals surface area contributed by atoms with Crippen molar-refractivity contribution in [3.05, 3.63) is 58.1 Å². The SMILES string of the molecule is O=C(NCc1cccc(NC(=O)C2CCCO2)c1)Nc1ccc(Cl)c(Cl)c1. The quantitative estimate of drug-likeness (QED) is 0.685. The molecule has 1 saturated heterocycles. The van der Waals surface area contributed by atoms with Gasteiger partial charge in [0.1, 0.15) is 6.10 Å². The molecule has 142 valence electrons. The number of halogens is 2. The molecule has 0 saturated carbocycles. The maximum atomic E-state index is 12.1. The standard InChI is InChI=1S/C19H19Cl2N3O3/c20-15-7-6-14(10-16(15)21)24-19(26)22-11-12-3-1-4-13(9-12)23-18(25)17-5-2-8-27-17/h1,3-4,6-7,9-10,17H,2,5,8,11H2,(H,23,25)(H2,22,24,26). The van der Waals surface area contributed by atoms with Gasteiger partial charge >= 0.3 is 6.03 Å². The fourth-order valence-electron chi connectivity index (χ4n) is 2.70. The van der Waals surface area contributed by atoms with Crippen molar-refractivity contribution < 1.29 is 14.3 Å². The normalized spacial score (nSPS) is 16.0. The Morgan fingerprint density at radius 3 is 2.59 bits per heavy atom. The van der Waals surface area contributed by atoms with Crippen LogP contribution in [0.3, 0.4) is 0 Å². The van der Waals surface area contributed by atoms with Crippen LogP contribution >= 0.6 is 23.2 Å². The van der Waals surface area contributed by atoms with Gasteiger partial charge in [-0.2, -0.15) is 0 Å². The molecule has 1 aliphatic heterocycles. The molecular formula is C19H19Cl2N3O3. The molecule has 0 radical (unpaired) electrons. The highest BCUT2D eigenvalue weighted by atomic mass is 35.5. The van der Waals surface area contributed by atoms with Gasteiger partial charge in [-0.25, -0.2) is 4.79 Å². The average molecular weight is 408 g/mol. The number of ether oxygens (including phenoxy) is 1. The summed E-state index contributed by atoms with van der Waals surface area (Å²) < 4.78 is 5.37. The largest absolute Gasteiger partial charge is 0.368 e. The van der Waals surface area contributed by atoms with Gasteiger partial charge in [0.05, 0.1) is 10.0 Å². The molecule has 1 heterocycles. The van der Waals surface area contributed by atoms with Crippen LogP contribution in [0.2, 0.25) is 10.0 Å². The van der Waals surface area contributed by atoms with Gasteiger partial charge in [0.15, 0.2) is 0 Å². The lowest BCUT2D eigenvalue weighted by molar-refractivity contribution is -0.124. The number of urea groups is 1. The molecule has 6 nitrogen and oxygen atoms in total. The fourth-order valence-corrected chi connectivity index (χ4v) is 3.00. The molecule has 3 amide bonds. The van der Waals surface area contributed by atoms with E-state index in [4.69, 9.17) is 27.9 Å². The molecule has 2 aromatic rings. The Bertz CT molecular complexity index is 839. The number of amides is 3. The van der Waals surface area contributed by atoms with E-state index in [1.807, 2.05) is 18.2 Å². The van der Waals surface area contributed by atoms with Crippen molar-refractivity contribution in [2.45, 2.75) is 25.5 Å². The zero-order chi connectivity index (χ0) is 19.2. The van der Waals surface area contributed by atoms with Crippen molar-refractivity contribution in [1.29, 1.82) is 0 Å². The highest BCUT2D eigenvalue weighted by Gasteiger charge is 2.23. The molecule has 3 N–H and O–H groups in total.